The van der Waals surface area contributed by atoms with Crippen molar-refractivity contribution < 1.29 is 9.59 Å². The Balaban J connectivity index is 1.96. The van der Waals surface area contributed by atoms with Gasteiger partial charge < -0.3 is 10.2 Å². The van der Waals surface area contributed by atoms with Crippen LogP contribution in [0.4, 0.5) is 0 Å². The minimum Gasteiger partial charge on any atom is -0.355 e. The maximum absolute atomic E-state index is 12.4. The van der Waals surface area contributed by atoms with Gasteiger partial charge in [-0.1, -0.05) is 11.6 Å². The van der Waals surface area contributed by atoms with Crippen molar-refractivity contribution in [3.63, 3.8) is 0 Å². The van der Waals surface area contributed by atoms with E-state index in [4.69, 9.17) is 11.6 Å². The van der Waals surface area contributed by atoms with Crippen molar-refractivity contribution in [2.45, 2.75) is 26.3 Å². The molecule has 0 saturated carbocycles. The molecule has 1 fully saturated rings. The molecule has 1 aromatic rings. The van der Waals surface area contributed by atoms with Crippen LogP contribution in [0.15, 0.2) is 12.1 Å². The van der Waals surface area contributed by atoms with Gasteiger partial charge in [-0.3, -0.25) is 9.59 Å². The monoisotopic (exact) mass is 300 g/mol. The van der Waals surface area contributed by atoms with E-state index in [1.165, 1.54) is 11.3 Å². The Morgan fingerprint density at radius 2 is 2.37 bits per heavy atom. The highest BCUT2D eigenvalue weighted by molar-refractivity contribution is 7.16. The lowest BCUT2D eigenvalue weighted by atomic mass is 9.97. The molecule has 0 bridgehead atoms. The van der Waals surface area contributed by atoms with Crippen molar-refractivity contribution in [1.82, 2.24) is 10.2 Å². The molecule has 1 aliphatic heterocycles. The van der Waals surface area contributed by atoms with E-state index in [9.17, 15) is 9.59 Å². The summed E-state index contributed by atoms with van der Waals surface area (Å²) in [6.45, 7) is 3.68. The van der Waals surface area contributed by atoms with Gasteiger partial charge in [-0.2, -0.15) is 0 Å². The van der Waals surface area contributed by atoms with E-state index in [0.717, 1.165) is 9.21 Å². The van der Waals surface area contributed by atoms with Gasteiger partial charge >= 0.3 is 0 Å². The van der Waals surface area contributed by atoms with E-state index >= 15 is 0 Å². The second kappa shape index (κ2) is 6.39. The van der Waals surface area contributed by atoms with Crippen molar-refractivity contribution in [2.24, 2.45) is 5.92 Å². The van der Waals surface area contributed by atoms with Gasteiger partial charge in [0.25, 0.3) is 0 Å². The molecule has 0 spiro atoms. The van der Waals surface area contributed by atoms with E-state index in [1.807, 2.05) is 24.0 Å². The highest BCUT2D eigenvalue weighted by atomic mass is 35.5. The number of piperidine rings is 1. The summed E-state index contributed by atoms with van der Waals surface area (Å²) in [6.07, 6.45) is 1.09. The SMILES string of the molecule is CCN(Cc1ccc(Cl)s1)C(=O)C1CCC(=O)NC1. The van der Waals surface area contributed by atoms with Gasteiger partial charge in [0, 0.05) is 24.4 Å². The molecule has 4 nitrogen and oxygen atoms in total. The molecule has 0 radical (unpaired) electrons. The topological polar surface area (TPSA) is 49.4 Å². The lowest BCUT2D eigenvalue weighted by Crippen LogP contribution is -2.44. The van der Waals surface area contributed by atoms with Crippen LogP contribution in [-0.4, -0.2) is 29.8 Å². The largest absolute Gasteiger partial charge is 0.355 e. The van der Waals surface area contributed by atoms with E-state index in [2.05, 4.69) is 5.32 Å². The first-order valence-corrected chi connectivity index (χ1v) is 7.59. The number of hydrogen-bond donors (Lipinski definition) is 1. The fourth-order valence-corrected chi connectivity index (χ4v) is 3.28. The first-order valence-electron chi connectivity index (χ1n) is 6.40. The van der Waals surface area contributed by atoms with Gasteiger partial charge in [0.1, 0.15) is 0 Å². The lowest BCUT2D eigenvalue weighted by molar-refractivity contribution is -0.137. The third kappa shape index (κ3) is 3.70. The Bertz CT molecular complexity index is 465. The van der Waals surface area contributed by atoms with Gasteiger partial charge in [0.15, 0.2) is 0 Å². The molecule has 1 aliphatic rings. The van der Waals surface area contributed by atoms with Gasteiger partial charge in [-0.05, 0) is 25.5 Å². The number of halogens is 1. The number of nitrogens with one attached hydrogen (secondary N) is 1. The smallest absolute Gasteiger partial charge is 0.227 e. The average Bonchev–Trinajstić information content (AvgIpc) is 2.81. The van der Waals surface area contributed by atoms with Crippen LogP contribution in [0.2, 0.25) is 4.34 Å². The second-order valence-electron chi connectivity index (χ2n) is 4.60. The number of nitrogens with zero attached hydrogens (tertiary/aromatic N) is 1. The van der Waals surface area contributed by atoms with Crippen LogP contribution >= 0.6 is 22.9 Å². The molecule has 6 heteroatoms. The van der Waals surface area contributed by atoms with E-state index in [1.54, 1.807) is 0 Å². The highest BCUT2D eigenvalue weighted by Crippen LogP contribution is 2.24. The van der Waals surface area contributed by atoms with E-state index in [0.29, 0.717) is 32.5 Å². The normalized spacial score (nSPS) is 19.1. The number of carbonyl (C=O) groups is 2. The third-order valence-electron chi connectivity index (χ3n) is 3.28. The standard InChI is InChI=1S/C13H17ClN2O2S/c1-2-16(8-10-4-5-11(14)19-10)13(18)9-3-6-12(17)15-7-9/h4-5,9H,2-3,6-8H2,1H3,(H,15,17). The number of hydrogen-bond acceptors (Lipinski definition) is 3. The summed E-state index contributed by atoms with van der Waals surface area (Å²) in [7, 11) is 0. The zero-order valence-electron chi connectivity index (χ0n) is 10.8. The minimum absolute atomic E-state index is 0.0390. The Hall–Kier alpha value is -1.07. The molecule has 2 amide bonds. The van der Waals surface area contributed by atoms with Crippen molar-refractivity contribution in [3.8, 4) is 0 Å². The zero-order chi connectivity index (χ0) is 13.8. The van der Waals surface area contributed by atoms with E-state index < -0.39 is 0 Å². The Kier molecular flexibility index (Phi) is 4.82. The predicted molar refractivity (Wildman–Crippen MR) is 76.2 cm³/mol. The summed E-state index contributed by atoms with van der Waals surface area (Å²) in [5.41, 5.74) is 0. The fraction of sp³-hybridized carbons (Fsp3) is 0.538. The summed E-state index contributed by atoms with van der Waals surface area (Å²) in [4.78, 5) is 26.4. The molecule has 0 aromatic carbocycles. The quantitative estimate of drug-likeness (QED) is 0.927. The first kappa shape index (κ1) is 14.3. The summed E-state index contributed by atoms with van der Waals surface area (Å²) in [5, 5.41) is 2.76. The number of rotatable bonds is 4. The highest BCUT2D eigenvalue weighted by Gasteiger charge is 2.27. The molecule has 1 atom stereocenters. The lowest BCUT2D eigenvalue weighted by Gasteiger charge is -2.28. The van der Waals surface area contributed by atoms with Gasteiger partial charge in [0.05, 0.1) is 16.8 Å². The summed E-state index contributed by atoms with van der Waals surface area (Å²) < 4.78 is 0.739. The number of thiophene rings is 1. The van der Waals surface area contributed by atoms with Crippen molar-refractivity contribution in [3.05, 3.63) is 21.3 Å². The van der Waals surface area contributed by atoms with Crippen molar-refractivity contribution in [1.29, 1.82) is 0 Å². The average molecular weight is 301 g/mol. The number of carbonyl (C=O) groups excluding carboxylic acids is 2. The molecule has 104 valence electrons. The maximum Gasteiger partial charge on any atom is 0.227 e. The fourth-order valence-electron chi connectivity index (χ4n) is 2.17. The molecule has 1 unspecified atom stereocenters. The van der Waals surface area contributed by atoms with Crippen LogP contribution in [0, 0.1) is 5.92 Å². The van der Waals surface area contributed by atoms with Gasteiger partial charge in [-0.25, -0.2) is 0 Å². The van der Waals surface area contributed by atoms with Crippen LogP contribution in [0.1, 0.15) is 24.6 Å². The predicted octanol–water partition coefficient (Wildman–Crippen LogP) is 2.28. The maximum atomic E-state index is 12.4. The van der Waals surface area contributed by atoms with Crippen molar-refractivity contribution >= 4 is 34.8 Å². The van der Waals surface area contributed by atoms with Crippen LogP contribution < -0.4 is 5.32 Å². The van der Waals surface area contributed by atoms with Crippen LogP contribution in [0.5, 0.6) is 0 Å². The summed E-state index contributed by atoms with van der Waals surface area (Å²) in [5.74, 6) is 0.0669. The molecule has 0 aliphatic carbocycles. The number of amides is 2. The Labute approximate surface area is 121 Å². The van der Waals surface area contributed by atoms with Gasteiger partial charge in [-0.15, -0.1) is 11.3 Å². The third-order valence-corrected chi connectivity index (χ3v) is 4.50. The second-order valence-corrected chi connectivity index (χ2v) is 6.40. The van der Waals surface area contributed by atoms with Crippen LogP contribution in [0.3, 0.4) is 0 Å². The Morgan fingerprint density at radius 3 is 2.89 bits per heavy atom. The summed E-state index contributed by atoms with van der Waals surface area (Å²) in [6, 6.07) is 3.80. The van der Waals surface area contributed by atoms with E-state index in [-0.39, 0.29) is 17.7 Å². The molecule has 19 heavy (non-hydrogen) atoms. The molecule has 2 rings (SSSR count). The van der Waals surface area contributed by atoms with Crippen molar-refractivity contribution in [2.75, 3.05) is 13.1 Å². The van der Waals surface area contributed by atoms with Crippen LogP contribution in [-0.2, 0) is 16.1 Å². The molecular weight excluding hydrogens is 284 g/mol. The molecule has 2 heterocycles. The summed E-state index contributed by atoms with van der Waals surface area (Å²) >= 11 is 7.40. The molecular formula is C13H17ClN2O2S. The minimum atomic E-state index is -0.0897. The molecule has 1 saturated heterocycles. The Morgan fingerprint density at radius 1 is 1.58 bits per heavy atom. The van der Waals surface area contributed by atoms with Crippen LogP contribution in [0.25, 0.3) is 0 Å². The first-order chi connectivity index (χ1) is 9.10. The molecule has 1 N–H and O–H groups in total. The molecule has 1 aromatic heterocycles. The zero-order valence-corrected chi connectivity index (χ0v) is 12.4. The van der Waals surface area contributed by atoms with Gasteiger partial charge in [0.2, 0.25) is 11.8 Å².